The molecule has 0 aromatic heterocycles. The van der Waals surface area contributed by atoms with E-state index in [1.807, 2.05) is 0 Å². The Bertz CT molecular complexity index is 492. The zero-order chi connectivity index (χ0) is 17.4. The Kier molecular flexibility index (Phi) is 5.29. The monoisotopic (exact) mass is 343 g/mol. The van der Waals surface area contributed by atoms with Crippen LogP contribution in [0.4, 0.5) is 17.6 Å². The van der Waals surface area contributed by atoms with E-state index in [9.17, 15) is 22.2 Å². The van der Waals surface area contributed by atoms with Gasteiger partial charge in [-0.1, -0.05) is 6.08 Å². The summed E-state index contributed by atoms with van der Waals surface area (Å²) in [6.45, 7) is 5.84. The predicted octanol–water partition coefficient (Wildman–Crippen LogP) is 3.03. The Morgan fingerprint density at radius 1 is 1.32 bits per heavy atom. The van der Waals surface area contributed by atoms with E-state index < -0.39 is 51.9 Å². The molecule has 1 aliphatic carbocycles. The maximum Gasteiger partial charge on any atom is 0.285 e. The normalized spacial score (nSPS) is 32.3. The van der Waals surface area contributed by atoms with E-state index in [0.717, 1.165) is 13.0 Å². The van der Waals surface area contributed by atoms with Gasteiger partial charge in [0.1, 0.15) is 6.29 Å². The third kappa shape index (κ3) is 3.42. The van der Waals surface area contributed by atoms with E-state index in [0.29, 0.717) is 12.4 Å². The maximum atomic E-state index is 15.1. The fourth-order valence-electron chi connectivity index (χ4n) is 2.15. The van der Waals surface area contributed by atoms with Crippen molar-refractivity contribution in [2.75, 3.05) is 0 Å². The topological polar surface area (TPSA) is 46.2 Å². The first-order valence-corrected chi connectivity index (χ1v) is 7.97. The van der Waals surface area contributed by atoms with Crippen LogP contribution in [-0.4, -0.2) is 38.5 Å². The smallest absolute Gasteiger partial charge is 0.285 e. The highest BCUT2D eigenvalue weighted by atomic mass is 32.2. The number of aldehydes is 1. The first kappa shape index (κ1) is 19.3. The molecular formula is C14H21F4NO2S. The number of alkyl halides is 4. The molecule has 1 aliphatic rings. The molecule has 0 bridgehead atoms. The zero-order valence-corrected chi connectivity index (χ0v) is 13.8. The Hall–Kier alpha value is -0.760. The molecule has 0 heterocycles. The lowest BCUT2D eigenvalue weighted by Gasteiger charge is -2.46. The fourth-order valence-corrected chi connectivity index (χ4v) is 3.10. The van der Waals surface area contributed by atoms with Crippen molar-refractivity contribution < 1.29 is 26.6 Å². The van der Waals surface area contributed by atoms with Crippen molar-refractivity contribution in [1.29, 1.82) is 0 Å². The second kappa shape index (κ2) is 6.03. The van der Waals surface area contributed by atoms with E-state index in [2.05, 4.69) is 4.72 Å². The average molecular weight is 343 g/mol. The van der Waals surface area contributed by atoms with Gasteiger partial charge in [0, 0.05) is 12.8 Å². The molecule has 0 fully saturated rings. The van der Waals surface area contributed by atoms with Crippen LogP contribution in [0.15, 0.2) is 12.2 Å². The molecule has 0 saturated heterocycles. The minimum Gasteiger partial charge on any atom is -0.303 e. The molecular weight excluding hydrogens is 322 g/mol. The number of carbonyl (C=O) groups excluding carboxylic acids is 1. The summed E-state index contributed by atoms with van der Waals surface area (Å²) in [4.78, 5) is 10.9. The Labute approximate surface area is 130 Å². The van der Waals surface area contributed by atoms with Crippen molar-refractivity contribution >= 4 is 17.3 Å². The van der Waals surface area contributed by atoms with Gasteiger partial charge in [0.15, 0.2) is 5.67 Å². The second-order valence-electron chi connectivity index (χ2n) is 6.68. The summed E-state index contributed by atoms with van der Waals surface area (Å²) in [5.74, 6) is -3.89. The van der Waals surface area contributed by atoms with Crippen LogP contribution in [0.5, 0.6) is 0 Å². The van der Waals surface area contributed by atoms with Crippen LogP contribution in [0.1, 0.15) is 40.5 Å². The molecule has 0 spiro atoms. The lowest BCUT2D eigenvalue weighted by Crippen LogP contribution is -2.67. The van der Waals surface area contributed by atoms with Crippen LogP contribution in [0.25, 0.3) is 0 Å². The Morgan fingerprint density at radius 2 is 1.86 bits per heavy atom. The summed E-state index contributed by atoms with van der Waals surface area (Å²) in [5, 5.41) is 0. The van der Waals surface area contributed by atoms with E-state index in [1.165, 1.54) is 0 Å². The van der Waals surface area contributed by atoms with Gasteiger partial charge < -0.3 is 4.79 Å². The molecule has 128 valence electrons. The summed E-state index contributed by atoms with van der Waals surface area (Å²) in [5.41, 5.74) is -5.22. The standard InChI is InChI=1S/C14H21F4NO2S/c1-11(2,3)22(21)19-12(4,8-9-20)13(16)6-5-7-14(17,18)10(13)15/h5-6,9-10,19H,7-8H2,1-4H3/t10?,12-,13?,22+/m0/s1. The van der Waals surface area contributed by atoms with Crippen LogP contribution in [-0.2, 0) is 15.8 Å². The highest BCUT2D eigenvalue weighted by molar-refractivity contribution is 7.84. The molecule has 0 saturated carbocycles. The third-order valence-electron chi connectivity index (χ3n) is 3.70. The third-order valence-corrected chi connectivity index (χ3v) is 5.45. The molecule has 1 rings (SSSR count). The summed E-state index contributed by atoms with van der Waals surface area (Å²) in [6.07, 6.45) is -2.82. The second-order valence-corrected chi connectivity index (χ2v) is 8.65. The molecule has 0 aliphatic heterocycles. The molecule has 1 N–H and O–H groups in total. The van der Waals surface area contributed by atoms with Gasteiger partial charge in [0.2, 0.25) is 6.17 Å². The summed E-state index contributed by atoms with van der Waals surface area (Å²) in [7, 11) is -1.87. The first-order chi connectivity index (χ1) is 9.80. The Balaban J connectivity index is 3.28. The number of rotatable bonds is 5. The molecule has 22 heavy (non-hydrogen) atoms. The SMILES string of the molecule is CC(C)(C)[S@@](=O)N[C@@](C)(CC=O)C1(F)C=CCC(F)(F)C1F. The molecule has 3 nitrogen and oxygen atoms in total. The predicted molar refractivity (Wildman–Crippen MR) is 77.6 cm³/mol. The fraction of sp³-hybridized carbons (Fsp3) is 0.786. The molecule has 0 amide bonds. The van der Waals surface area contributed by atoms with Crippen molar-refractivity contribution in [3.8, 4) is 0 Å². The van der Waals surface area contributed by atoms with Gasteiger partial charge in [-0.05, 0) is 33.8 Å². The van der Waals surface area contributed by atoms with Crippen molar-refractivity contribution in [3.63, 3.8) is 0 Å². The van der Waals surface area contributed by atoms with Crippen molar-refractivity contribution in [1.82, 2.24) is 4.72 Å². The van der Waals surface area contributed by atoms with Gasteiger partial charge in [0.25, 0.3) is 5.92 Å². The van der Waals surface area contributed by atoms with Gasteiger partial charge in [-0.15, -0.1) is 0 Å². The number of allylic oxidation sites excluding steroid dienone is 1. The molecule has 8 heteroatoms. The van der Waals surface area contributed by atoms with Crippen LogP contribution in [0.2, 0.25) is 0 Å². The Morgan fingerprint density at radius 3 is 2.32 bits per heavy atom. The molecule has 4 atom stereocenters. The molecule has 0 aromatic rings. The summed E-state index contributed by atoms with van der Waals surface area (Å²) >= 11 is 0. The molecule has 0 radical (unpaired) electrons. The minimum absolute atomic E-state index is 0.293. The van der Waals surface area contributed by atoms with Crippen molar-refractivity contribution in [2.24, 2.45) is 0 Å². The molecule has 2 unspecified atom stereocenters. The van der Waals surface area contributed by atoms with Gasteiger partial charge in [-0.25, -0.2) is 26.5 Å². The van der Waals surface area contributed by atoms with Crippen LogP contribution in [0.3, 0.4) is 0 Å². The van der Waals surface area contributed by atoms with E-state index in [-0.39, 0.29) is 0 Å². The van der Waals surface area contributed by atoms with Crippen LogP contribution < -0.4 is 4.72 Å². The lowest BCUT2D eigenvalue weighted by atomic mass is 9.73. The number of halogens is 4. The summed E-state index contributed by atoms with van der Waals surface area (Å²) < 4.78 is 70.2. The zero-order valence-electron chi connectivity index (χ0n) is 13.0. The van der Waals surface area contributed by atoms with Crippen LogP contribution in [0, 0.1) is 0 Å². The van der Waals surface area contributed by atoms with Crippen molar-refractivity contribution in [2.45, 2.75) is 68.6 Å². The quantitative estimate of drug-likeness (QED) is 0.474. The largest absolute Gasteiger partial charge is 0.303 e. The van der Waals surface area contributed by atoms with Crippen molar-refractivity contribution in [3.05, 3.63) is 12.2 Å². The van der Waals surface area contributed by atoms with Gasteiger partial charge in [-0.3, -0.25) is 0 Å². The van der Waals surface area contributed by atoms with E-state index in [1.54, 1.807) is 20.8 Å². The minimum atomic E-state index is -3.89. The number of carbonyl (C=O) groups is 1. The summed E-state index contributed by atoms with van der Waals surface area (Å²) in [6, 6.07) is 0. The van der Waals surface area contributed by atoms with Crippen LogP contribution >= 0.6 is 0 Å². The van der Waals surface area contributed by atoms with Gasteiger partial charge in [-0.2, -0.15) is 0 Å². The van der Waals surface area contributed by atoms with E-state index >= 15 is 4.39 Å². The number of hydrogen-bond donors (Lipinski definition) is 1. The average Bonchev–Trinajstić information content (AvgIpc) is 2.34. The number of hydrogen-bond acceptors (Lipinski definition) is 2. The van der Waals surface area contributed by atoms with Gasteiger partial charge in [0.05, 0.1) is 21.3 Å². The first-order valence-electron chi connectivity index (χ1n) is 6.82. The molecule has 0 aromatic carbocycles. The van der Waals surface area contributed by atoms with E-state index in [4.69, 9.17) is 0 Å². The maximum absolute atomic E-state index is 15.1. The highest BCUT2D eigenvalue weighted by Gasteiger charge is 2.63. The number of nitrogens with one attached hydrogen (secondary N) is 1. The highest BCUT2D eigenvalue weighted by Crippen LogP contribution is 2.46. The van der Waals surface area contributed by atoms with Gasteiger partial charge >= 0.3 is 0 Å². The lowest BCUT2D eigenvalue weighted by molar-refractivity contribution is -0.145.